The zero-order valence-electron chi connectivity index (χ0n) is 5.65. The summed E-state index contributed by atoms with van der Waals surface area (Å²) in [6.07, 6.45) is -0.0427. The summed E-state index contributed by atoms with van der Waals surface area (Å²) in [5.41, 5.74) is 0. The molecule has 2 atom stereocenters. The quantitative estimate of drug-likeness (QED) is 0.241. The largest absolute Gasteiger partial charge is 0.374 e. The molecular formula is C5H8N4O2. The predicted octanol–water partition coefficient (Wildman–Crippen LogP) is -1.96. The molecular weight excluding hydrogens is 148 g/mol. The number of guanidine groups is 1. The normalized spacial score (nSPS) is 29.7. The molecule has 1 aliphatic rings. The Morgan fingerprint density at radius 2 is 2.45 bits per heavy atom. The summed E-state index contributed by atoms with van der Waals surface area (Å²) in [5, 5.41) is 30.7. The van der Waals surface area contributed by atoms with Crippen molar-refractivity contribution in [1.29, 1.82) is 5.26 Å². The second kappa shape index (κ2) is 3.18. The summed E-state index contributed by atoms with van der Waals surface area (Å²) < 4.78 is 0. The number of nitrogens with one attached hydrogen (secondary N) is 2. The average Bonchev–Trinajstić information content (AvgIpc) is 1.85. The first-order valence-corrected chi connectivity index (χ1v) is 3.08. The van der Waals surface area contributed by atoms with E-state index in [1.54, 1.807) is 6.19 Å². The highest BCUT2D eigenvalue weighted by Gasteiger charge is 2.18. The maximum atomic E-state index is 8.98. The molecule has 2 unspecified atom stereocenters. The molecule has 4 N–H and O–H groups in total. The van der Waals surface area contributed by atoms with Crippen LogP contribution in [0.4, 0.5) is 0 Å². The first-order valence-electron chi connectivity index (χ1n) is 3.08. The van der Waals surface area contributed by atoms with Crippen molar-refractivity contribution in [2.75, 3.05) is 0 Å². The van der Waals surface area contributed by atoms with Crippen LogP contribution in [0.1, 0.15) is 6.42 Å². The average molecular weight is 156 g/mol. The third kappa shape index (κ3) is 2.07. The van der Waals surface area contributed by atoms with Gasteiger partial charge >= 0.3 is 0 Å². The molecule has 6 nitrogen and oxygen atoms in total. The Bertz CT molecular complexity index is 209. The molecule has 0 aromatic heterocycles. The highest BCUT2D eigenvalue weighted by molar-refractivity contribution is 5.81. The van der Waals surface area contributed by atoms with Gasteiger partial charge in [-0.15, -0.1) is 0 Å². The van der Waals surface area contributed by atoms with E-state index in [9.17, 15) is 0 Å². The lowest BCUT2D eigenvalue weighted by Crippen LogP contribution is -2.47. The molecule has 0 bridgehead atoms. The van der Waals surface area contributed by atoms with Crippen LogP contribution in [-0.4, -0.2) is 28.6 Å². The fourth-order valence-electron chi connectivity index (χ4n) is 0.777. The van der Waals surface area contributed by atoms with Gasteiger partial charge in [-0.25, -0.2) is 4.99 Å². The minimum Gasteiger partial charge on any atom is -0.374 e. The number of hydrogen-bond donors (Lipinski definition) is 4. The van der Waals surface area contributed by atoms with Gasteiger partial charge in [0.1, 0.15) is 6.23 Å². The van der Waals surface area contributed by atoms with Crippen molar-refractivity contribution in [2.45, 2.75) is 18.9 Å². The molecule has 0 saturated heterocycles. The molecule has 0 spiro atoms. The van der Waals surface area contributed by atoms with E-state index in [2.05, 4.69) is 15.6 Å². The van der Waals surface area contributed by atoms with E-state index >= 15 is 0 Å². The van der Waals surface area contributed by atoms with E-state index in [4.69, 9.17) is 15.5 Å². The summed E-state index contributed by atoms with van der Waals surface area (Å²) in [4.78, 5) is 3.59. The van der Waals surface area contributed by atoms with Crippen LogP contribution < -0.4 is 10.6 Å². The van der Waals surface area contributed by atoms with Crippen molar-refractivity contribution >= 4 is 5.96 Å². The third-order valence-electron chi connectivity index (χ3n) is 1.19. The van der Waals surface area contributed by atoms with Crippen molar-refractivity contribution < 1.29 is 10.2 Å². The van der Waals surface area contributed by atoms with Gasteiger partial charge in [0, 0.05) is 6.42 Å². The van der Waals surface area contributed by atoms with E-state index in [1.165, 1.54) is 0 Å². The van der Waals surface area contributed by atoms with Crippen LogP contribution >= 0.6 is 0 Å². The smallest absolute Gasteiger partial charge is 0.209 e. The van der Waals surface area contributed by atoms with Crippen LogP contribution in [0.15, 0.2) is 4.99 Å². The number of hydrogen-bond acceptors (Lipinski definition) is 6. The Kier molecular flexibility index (Phi) is 2.25. The first-order chi connectivity index (χ1) is 5.22. The zero-order valence-corrected chi connectivity index (χ0v) is 5.65. The summed E-state index contributed by atoms with van der Waals surface area (Å²) in [7, 11) is 0. The van der Waals surface area contributed by atoms with Gasteiger partial charge in [0.25, 0.3) is 0 Å². The molecule has 1 aliphatic heterocycles. The Morgan fingerprint density at radius 1 is 1.73 bits per heavy atom. The molecule has 1 rings (SSSR count). The number of aliphatic hydroxyl groups excluding tert-OH is 2. The lowest BCUT2D eigenvalue weighted by Gasteiger charge is -2.21. The SMILES string of the molecule is N#CNC1=NC(O)CC(O)N1. The highest BCUT2D eigenvalue weighted by atomic mass is 16.3. The molecule has 60 valence electrons. The second-order valence-corrected chi connectivity index (χ2v) is 2.09. The maximum Gasteiger partial charge on any atom is 0.209 e. The van der Waals surface area contributed by atoms with Gasteiger partial charge in [-0.3, -0.25) is 5.32 Å². The number of nitriles is 1. The van der Waals surface area contributed by atoms with Crippen molar-refractivity contribution in [3.63, 3.8) is 0 Å². The van der Waals surface area contributed by atoms with Crippen LogP contribution in [0.25, 0.3) is 0 Å². The molecule has 0 aliphatic carbocycles. The molecule has 0 aromatic rings. The summed E-state index contributed by atoms with van der Waals surface area (Å²) in [6, 6.07) is 0. The van der Waals surface area contributed by atoms with Crippen LogP contribution in [0.5, 0.6) is 0 Å². The summed E-state index contributed by atoms with van der Waals surface area (Å²) in [6.45, 7) is 0. The first kappa shape index (κ1) is 7.78. The maximum absolute atomic E-state index is 8.98. The summed E-state index contributed by atoms with van der Waals surface area (Å²) >= 11 is 0. The third-order valence-corrected chi connectivity index (χ3v) is 1.19. The van der Waals surface area contributed by atoms with Crippen molar-refractivity contribution in [1.82, 2.24) is 10.6 Å². The van der Waals surface area contributed by atoms with Gasteiger partial charge in [-0.1, -0.05) is 0 Å². The molecule has 1 heterocycles. The Morgan fingerprint density at radius 3 is 3.00 bits per heavy atom. The topological polar surface area (TPSA) is 101 Å². The van der Waals surface area contributed by atoms with Gasteiger partial charge in [0.15, 0.2) is 12.4 Å². The molecule has 6 heteroatoms. The van der Waals surface area contributed by atoms with Gasteiger partial charge in [-0.05, 0) is 0 Å². The van der Waals surface area contributed by atoms with Crippen molar-refractivity contribution in [2.24, 2.45) is 4.99 Å². The van der Waals surface area contributed by atoms with Crippen LogP contribution in [-0.2, 0) is 0 Å². The number of rotatable bonds is 0. The van der Waals surface area contributed by atoms with Crippen molar-refractivity contribution in [3.8, 4) is 6.19 Å². The van der Waals surface area contributed by atoms with E-state index in [0.717, 1.165) is 0 Å². The van der Waals surface area contributed by atoms with Gasteiger partial charge in [0.05, 0.1) is 0 Å². The lowest BCUT2D eigenvalue weighted by atomic mass is 10.3. The van der Waals surface area contributed by atoms with E-state index < -0.39 is 12.5 Å². The van der Waals surface area contributed by atoms with E-state index in [0.29, 0.717) is 0 Å². The Labute approximate surface area is 63.2 Å². The monoisotopic (exact) mass is 156 g/mol. The van der Waals surface area contributed by atoms with Crippen LogP contribution in [0.2, 0.25) is 0 Å². The standard InChI is InChI=1S/C5H8N4O2/c6-2-7-5-8-3(10)1-4(11)9-5/h3-4,10-11H,1H2,(H2,7,8,9). The molecule has 0 aromatic carbocycles. The second-order valence-electron chi connectivity index (χ2n) is 2.09. The summed E-state index contributed by atoms with van der Waals surface area (Å²) in [5.74, 6) is 0.0961. The van der Waals surface area contributed by atoms with Crippen LogP contribution in [0, 0.1) is 11.5 Å². The van der Waals surface area contributed by atoms with E-state index in [-0.39, 0.29) is 12.4 Å². The minimum absolute atomic E-state index is 0.0961. The zero-order chi connectivity index (χ0) is 8.27. The number of aliphatic imine (C=N–C) groups is 1. The van der Waals surface area contributed by atoms with Gasteiger partial charge in [0.2, 0.25) is 5.96 Å². The van der Waals surface area contributed by atoms with Crippen LogP contribution in [0.3, 0.4) is 0 Å². The van der Waals surface area contributed by atoms with E-state index in [1.807, 2.05) is 0 Å². The Balaban J connectivity index is 2.58. The number of nitrogens with zero attached hydrogens (tertiary/aromatic N) is 2. The lowest BCUT2D eigenvalue weighted by molar-refractivity contribution is 0.0654. The molecule has 0 fully saturated rings. The van der Waals surface area contributed by atoms with Crippen molar-refractivity contribution in [3.05, 3.63) is 0 Å². The number of aliphatic hydroxyl groups is 2. The Hall–Kier alpha value is -1.32. The molecule has 11 heavy (non-hydrogen) atoms. The van der Waals surface area contributed by atoms with Gasteiger partial charge in [-0.2, -0.15) is 5.26 Å². The van der Waals surface area contributed by atoms with Gasteiger partial charge < -0.3 is 15.5 Å². The molecule has 0 amide bonds. The molecule has 0 radical (unpaired) electrons. The fraction of sp³-hybridized carbons (Fsp3) is 0.600. The minimum atomic E-state index is -0.943. The molecule has 0 saturated carbocycles. The highest BCUT2D eigenvalue weighted by Crippen LogP contribution is 2.01. The predicted molar refractivity (Wildman–Crippen MR) is 36.0 cm³/mol. The fourth-order valence-corrected chi connectivity index (χ4v) is 0.777.